The summed E-state index contributed by atoms with van der Waals surface area (Å²) in [6, 6.07) is 44.4. The van der Waals surface area contributed by atoms with Crippen LogP contribution in [0, 0.1) is 0 Å². The molecule has 5 rings (SSSR count). The Kier molecular flexibility index (Phi) is 5.82. The fourth-order valence-corrected chi connectivity index (χ4v) is 17.8. The Balaban J connectivity index is 1.57. The second kappa shape index (κ2) is 8.77. The Morgan fingerprint density at radius 1 is 0.515 bits per heavy atom. The zero-order valence-corrected chi connectivity index (χ0v) is 21.9. The van der Waals surface area contributed by atoms with Crippen molar-refractivity contribution in [3.05, 3.63) is 121 Å². The molecule has 1 atom stereocenters. The Morgan fingerprint density at radius 2 is 1.06 bits per heavy atom. The first-order valence-corrected chi connectivity index (χ1v) is 18.7. The van der Waals surface area contributed by atoms with Crippen molar-refractivity contribution in [1.29, 1.82) is 0 Å². The topological polar surface area (TPSA) is 0 Å². The number of hydrogen-bond acceptors (Lipinski definition) is 0. The second-order valence-electron chi connectivity index (χ2n) is 10.0. The van der Waals surface area contributed by atoms with E-state index in [0.29, 0.717) is 0 Å². The molecule has 0 radical (unpaired) electrons. The van der Waals surface area contributed by atoms with Crippen LogP contribution in [-0.2, 0) is 6.42 Å². The van der Waals surface area contributed by atoms with Gasteiger partial charge < -0.3 is 0 Å². The van der Waals surface area contributed by atoms with Crippen LogP contribution < -0.4 is 10.4 Å². The molecule has 0 heterocycles. The Morgan fingerprint density at radius 3 is 1.73 bits per heavy atom. The van der Waals surface area contributed by atoms with Gasteiger partial charge in [0, 0.05) is 0 Å². The average molecular weight is 461 g/mol. The highest BCUT2D eigenvalue weighted by Gasteiger charge is 2.46. The van der Waals surface area contributed by atoms with Crippen molar-refractivity contribution >= 4 is 47.1 Å². The van der Waals surface area contributed by atoms with Crippen LogP contribution in [0.15, 0.2) is 115 Å². The van der Waals surface area contributed by atoms with Gasteiger partial charge in [-0.1, -0.05) is 139 Å². The maximum Gasteiger partial charge on any atom is 0.0824 e. The van der Waals surface area contributed by atoms with E-state index in [2.05, 4.69) is 135 Å². The van der Waals surface area contributed by atoms with Crippen LogP contribution in [0.5, 0.6) is 0 Å². The molecule has 0 spiro atoms. The first-order chi connectivity index (χ1) is 16.0. The normalized spacial score (nSPS) is 13.8. The lowest BCUT2D eigenvalue weighted by molar-refractivity contribution is 1.12. The molecule has 5 aromatic carbocycles. The molecule has 0 saturated heterocycles. The lowest BCUT2D eigenvalue weighted by Gasteiger charge is -2.42. The van der Waals surface area contributed by atoms with Crippen molar-refractivity contribution in [3.8, 4) is 0 Å². The van der Waals surface area contributed by atoms with E-state index >= 15 is 0 Å². The van der Waals surface area contributed by atoms with Gasteiger partial charge in [0.15, 0.2) is 0 Å². The molecule has 0 amide bonds. The van der Waals surface area contributed by atoms with Gasteiger partial charge in [0.05, 0.1) is 15.2 Å². The Hall–Kier alpha value is -2.95. The monoisotopic (exact) mass is 460 g/mol. The molecule has 0 saturated carbocycles. The van der Waals surface area contributed by atoms with Gasteiger partial charge in [0.2, 0.25) is 0 Å². The van der Waals surface area contributed by atoms with Crippen molar-refractivity contribution in [2.75, 3.05) is 0 Å². The number of hydrogen-bond donors (Lipinski definition) is 0. The largest absolute Gasteiger partial charge is 0.0824 e. The molecule has 0 aliphatic heterocycles. The molecule has 164 valence electrons. The van der Waals surface area contributed by atoms with Gasteiger partial charge in [-0.05, 0) is 45.7 Å². The van der Waals surface area contributed by atoms with Gasteiger partial charge in [0.1, 0.15) is 0 Å². The third kappa shape index (κ3) is 3.98. The van der Waals surface area contributed by atoms with E-state index in [0.717, 1.165) is 6.42 Å². The van der Waals surface area contributed by atoms with E-state index in [1.165, 1.54) is 33.2 Å². The molecular weight excluding hydrogens is 429 g/mol. The number of aryl methyl sites for hydroxylation is 1. The summed E-state index contributed by atoms with van der Waals surface area (Å²) < 4.78 is 0. The molecule has 1 unspecified atom stereocenters. The molecule has 0 fully saturated rings. The molecule has 0 N–H and O–H groups in total. The van der Waals surface area contributed by atoms with Gasteiger partial charge in [0.25, 0.3) is 0 Å². The maximum absolute atomic E-state index is 2.65. The summed E-state index contributed by atoms with van der Waals surface area (Å²) in [6.07, 6.45) is 1.14. The lowest BCUT2D eigenvalue weighted by Crippen LogP contribution is -2.70. The average Bonchev–Trinajstić information content (AvgIpc) is 2.87. The van der Waals surface area contributed by atoms with Crippen LogP contribution in [0.3, 0.4) is 0 Å². The van der Waals surface area contributed by atoms with E-state index in [9.17, 15) is 0 Å². The van der Waals surface area contributed by atoms with Crippen LogP contribution >= 0.6 is 0 Å². The standard InChI is InChI=1S/C31H32Si2/c1-32(2,29-17-6-4-7-18-29)33(3,30-19-8-5-9-20-30)22-21-25-15-12-16-28-23-26-13-10-11-14-27(26)24-31(25)28/h4-20,23-24H,21-22H2,1-3H3. The van der Waals surface area contributed by atoms with Crippen LogP contribution in [-0.4, -0.2) is 15.2 Å². The van der Waals surface area contributed by atoms with E-state index in [-0.39, 0.29) is 0 Å². The summed E-state index contributed by atoms with van der Waals surface area (Å²) in [5.74, 6) is 0. The van der Waals surface area contributed by atoms with Crippen LogP contribution in [0.25, 0.3) is 21.5 Å². The Labute approximate surface area is 199 Å². The molecule has 2 heteroatoms. The first kappa shape index (κ1) is 21.9. The number of fused-ring (bicyclic) bond motifs is 2. The van der Waals surface area contributed by atoms with Crippen molar-refractivity contribution in [2.45, 2.75) is 32.1 Å². The Bertz CT molecular complexity index is 1390. The van der Waals surface area contributed by atoms with E-state index < -0.39 is 15.2 Å². The predicted octanol–water partition coefficient (Wildman–Crippen LogP) is 7.22. The second-order valence-corrected chi connectivity index (χ2v) is 24.7. The molecule has 5 aromatic rings. The van der Waals surface area contributed by atoms with Gasteiger partial charge in [-0.15, -0.1) is 0 Å². The molecule has 0 aliphatic carbocycles. The smallest absolute Gasteiger partial charge is 0.0671 e. The fraction of sp³-hybridized carbons (Fsp3) is 0.161. The van der Waals surface area contributed by atoms with Crippen LogP contribution in [0.2, 0.25) is 25.7 Å². The van der Waals surface area contributed by atoms with Crippen molar-refractivity contribution in [2.24, 2.45) is 0 Å². The van der Waals surface area contributed by atoms with Crippen molar-refractivity contribution < 1.29 is 0 Å². The number of rotatable bonds is 6. The van der Waals surface area contributed by atoms with Gasteiger partial charge in [-0.25, -0.2) is 0 Å². The summed E-state index contributed by atoms with van der Waals surface area (Å²) in [6.45, 7) is 7.87. The maximum atomic E-state index is 2.65. The van der Waals surface area contributed by atoms with Crippen LogP contribution in [0.1, 0.15) is 5.56 Å². The summed E-state index contributed by atoms with van der Waals surface area (Å²) >= 11 is 0. The van der Waals surface area contributed by atoms with Gasteiger partial charge >= 0.3 is 0 Å². The minimum atomic E-state index is -1.78. The zero-order valence-electron chi connectivity index (χ0n) is 19.9. The van der Waals surface area contributed by atoms with E-state index in [1.807, 2.05) is 0 Å². The van der Waals surface area contributed by atoms with Crippen LogP contribution in [0.4, 0.5) is 0 Å². The molecule has 0 nitrogen and oxygen atoms in total. The van der Waals surface area contributed by atoms with Crippen molar-refractivity contribution in [1.82, 2.24) is 0 Å². The van der Waals surface area contributed by atoms with Crippen molar-refractivity contribution in [3.63, 3.8) is 0 Å². The molecule has 0 bridgehead atoms. The quantitative estimate of drug-likeness (QED) is 0.185. The minimum Gasteiger partial charge on any atom is -0.0671 e. The lowest BCUT2D eigenvalue weighted by atomic mass is 9.99. The summed E-state index contributed by atoms with van der Waals surface area (Å²) in [5, 5.41) is 8.62. The summed E-state index contributed by atoms with van der Waals surface area (Å²) in [5.41, 5.74) is 1.49. The zero-order chi connectivity index (χ0) is 22.9. The third-order valence-corrected chi connectivity index (χ3v) is 26.2. The third-order valence-electron chi connectivity index (χ3n) is 8.02. The molecular formula is C31H32Si2. The minimum absolute atomic E-state index is 1.14. The van der Waals surface area contributed by atoms with E-state index in [1.54, 1.807) is 10.4 Å². The highest BCUT2D eigenvalue weighted by molar-refractivity contribution is 7.50. The predicted molar refractivity (Wildman–Crippen MR) is 151 cm³/mol. The highest BCUT2D eigenvalue weighted by Crippen LogP contribution is 2.30. The molecule has 0 aliphatic rings. The first-order valence-electron chi connectivity index (χ1n) is 12.0. The summed E-state index contributed by atoms with van der Waals surface area (Å²) in [4.78, 5) is 0. The number of benzene rings is 5. The molecule has 33 heavy (non-hydrogen) atoms. The van der Waals surface area contributed by atoms with E-state index in [4.69, 9.17) is 0 Å². The van der Waals surface area contributed by atoms with Gasteiger partial charge in [-0.3, -0.25) is 0 Å². The molecule has 0 aromatic heterocycles. The van der Waals surface area contributed by atoms with Gasteiger partial charge in [-0.2, -0.15) is 0 Å². The fourth-order valence-electron chi connectivity index (χ4n) is 5.43. The highest BCUT2D eigenvalue weighted by atomic mass is 29.3. The SMILES string of the molecule is C[Si](C)(c1ccccc1)[Si](C)(CCc1cccc2cc3ccccc3cc12)c1ccccc1. The summed E-state index contributed by atoms with van der Waals surface area (Å²) in [7, 11) is -3.48.